The quantitative estimate of drug-likeness (QED) is 0.701. The van der Waals surface area contributed by atoms with Gasteiger partial charge in [0.15, 0.2) is 6.61 Å². The van der Waals surface area contributed by atoms with Gasteiger partial charge < -0.3 is 10.1 Å². The van der Waals surface area contributed by atoms with Crippen LogP contribution >= 0.6 is 0 Å². The summed E-state index contributed by atoms with van der Waals surface area (Å²) >= 11 is 0. The lowest BCUT2D eigenvalue weighted by molar-refractivity contribution is -0.124. The van der Waals surface area contributed by atoms with Gasteiger partial charge in [-0.1, -0.05) is 31.2 Å². The summed E-state index contributed by atoms with van der Waals surface area (Å²) in [7, 11) is -3.76. The fourth-order valence-electron chi connectivity index (χ4n) is 2.40. The summed E-state index contributed by atoms with van der Waals surface area (Å²) in [5.74, 6) is -1.03. The number of nitrogens with two attached hydrogens (primary N) is 1. The minimum atomic E-state index is -3.76. The van der Waals surface area contributed by atoms with Crippen LogP contribution in [0.5, 0.6) is 0 Å². The molecule has 0 saturated carbocycles. The molecule has 2 rings (SSSR count). The highest BCUT2D eigenvalue weighted by Crippen LogP contribution is 2.15. The Kier molecular flexibility index (Phi) is 6.70. The van der Waals surface area contributed by atoms with Crippen molar-refractivity contribution >= 4 is 21.9 Å². The number of rotatable bonds is 7. The minimum Gasteiger partial charge on any atom is -0.452 e. The first-order chi connectivity index (χ1) is 12.7. The topological polar surface area (TPSA) is 116 Å². The van der Waals surface area contributed by atoms with E-state index in [1.54, 1.807) is 31.2 Å². The smallest absolute Gasteiger partial charge is 0.338 e. The molecule has 0 fully saturated rings. The Morgan fingerprint density at radius 3 is 2.19 bits per heavy atom. The van der Waals surface area contributed by atoms with Crippen LogP contribution in [0.1, 0.15) is 41.4 Å². The molecule has 1 amide bonds. The number of hydrogen-bond acceptors (Lipinski definition) is 5. The Labute approximate surface area is 158 Å². The molecular formula is C19H22N2O5S. The van der Waals surface area contributed by atoms with Crippen molar-refractivity contribution in [1.29, 1.82) is 0 Å². The first-order valence-corrected chi connectivity index (χ1v) is 9.93. The average molecular weight is 390 g/mol. The maximum absolute atomic E-state index is 12.0. The zero-order valence-electron chi connectivity index (χ0n) is 15.1. The zero-order chi connectivity index (χ0) is 20.0. The van der Waals surface area contributed by atoms with E-state index in [0.29, 0.717) is 11.1 Å². The van der Waals surface area contributed by atoms with Gasteiger partial charge in [0, 0.05) is 0 Å². The van der Waals surface area contributed by atoms with E-state index in [9.17, 15) is 18.0 Å². The van der Waals surface area contributed by atoms with Crippen molar-refractivity contribution in [3.8, 4) is 0 Å². The van der Waals surface area contributed by atoms with Gasteiger partial charge in [0.1, 0.15) is 0 Å². The summed E-state index contributed by atoms with van der Waals surface area (Å²) in [6, 6.07) is 12.5. The summed E-state index contributed by atoms with van der Waals surface area (Å²) in [5.41, 5.74) is 2.18. The molecule has 0 unspecified atom stereocenters. The number of hydrogen-bond donors (Lipinski definition) is 2. The molecule has 0 bridgehead atoms. The Bertz CT molecular complexity index is 906. The molecule has 7 nitrogen and oxygen atoms in total. The van der Waals surface area contributed by atoms with E-state index in [4.69, 9.17) is 9.88 Å². The van der Waals surface area contributed by atoms with Crippen molar-refractivity contribution < 1.29 is 22.7 Å². The van der Waals surface area contributed by atoms with Crippen LogP contribution in [-0.2, 0) is 26.0 Å². The number of benzene rings is 2. The number of sulfonamides is 1. The van der Waals surface area contributed by atoms with Gasteiger partial charge in [-0.15, -0.1) is 0 Å². The zero-order valence-corrected chi connectivity index (χ0v) is 16.0. The van der Waals surface area contributed by atoms with Gasteiger partial charge in [0.05, 0.1) is 16.5 Å². The van der Waals surface area contributed by atoms with E-state index in [-0.39, 0.29) is 4.90 Å². The second kappa shape index (κ2) is 8.79. The fraction of sp³-hybridized carbons (Fsp3) is 0.263. The molecule has 0 heterocycles. The van der Waals surface area contributed by atoms with E-state index in [0.717, 1.165) is 12.0 Å². The predicted octanol–water partition coefficient (Wildman–Crippen LogP) is 1.93. The summed E-state index contributed by atoms with van der Waals surface area (Å²) in [6.07, 6.45) is 0.869. The van der Waals surface area contributed by atoms with Gasteiger partial charge >= 0.3 is 5.97 Å². The lowest BCUT2D eigenvalue weighted by Gasteiger charge is -2.15. The molecule has 27 heavy (non-hydrogen) atoms. The number of esters is 1. The lowest BCUT2D eigenvalue weighted by Crippen LogP contribution is -2.31. The SMILES string of the molecule is CCc1ccc(C(=O)OCC(=O)N[C@H](C)c2ccc(S(N)(=O)=O)cc2)cc1. The number of nitrogens with one attached hydrogen (secondary N) is 1. The largest absolute Gasteiger partial charge is 0.452 e. The Hall–Kier alpha value is -2.71. The molecule has 1 atom stereocenters. The molecule has 0 aliphatic carbocycles. The monoisotopic (exact) mass is 390 g/mol. The molecule has 144 valence electrons. The van der Waals surface area contributed by atoms with Crippen LogP contribution in [-0.4, -0.2) is 26.9 Å². The molecule has 2 aromatic rings. The maximum atomic E-state index is 12.0. The number of amides is 1. The predicted molar refractivity (Wildman–Crippen MR) is 100 cm³/mol. The number of carbonyl (C=O) groups is 2. The van der Waals surface area contributed by atoms with Crippen molar-refractivity contribution in [1.82, 2.24) is 5.32 Å². The number of carbonyl (C=O) groups excluding carboxylic acids is 2. The number of ether oxygens (including phenoxy) is 1. The van der Waals surface area contributed by atoms with Crippen molar-refractivity contribution in [3.05, 3.63) is 65.2 Å². The van der Waals surface area contributed by atoms with Crippen LogP contribution in [0.25, 0.3) is 0 Å². The van der Waals surface area contributed by atoms with E-state index >= 15 is 0 Å². The van der Waals surface area contributed by atoms with Crippen LogP contribution in [0.15, 0.2) is 53.4 Å². The molecule has 8 heteroatoms. The lowest BCUT2D eigenvalue weighted by atomic mass is 10.1. The van der Waals surface area contributed by atoms with Gasteiger partial charge in [0.25, 0.3) is 5.91 Å². The molecule has 0 aliphatic heterocycles. The highest BCUT2D eigenvalue weighted by Gasteiger charge is 2.14. The molecule has 0 spiro atoms. The van der Waals surface area contributed by atoms with Crippen LogP contribution < -0.4 is 10.5 Å². The van der Waals surface area contributed by atoms with Gasteiger partial charge in [-0.2, -0.15) is 0 Å². The number of aryl methyl sites for hydroxylation is 1. The highest BCUT2D eigenvalue weighted by atomic mass is 32.2. The first-order valence-electron chi connectivity index (χ1n) is 8.39. The third-order valence-corrected chi connectivity index (χ3v) is 4.95. The van der Waals surface area contributed by atoms with E-state index in [1.165, 1.54) is 12.1 Å². The van der Waals surface area contributed by atoms with Gasteiger partial charge in [-0.25, -0.2) is 18.4 Å². The van der Waals surface area contributed by atoms with Crippen molar-refractivity contribution in [2.45, 2.75) is 31.2 Å². The minimum absolute atomic E-state index is 0.00667. The highest BCUT2D eigenvalue weighted by molar-refractivity contribution is 7.89. The molecule has 2 aromatic carbocycles. The van der Waals surface area contributed by atoms with Crippen LogP contribution in [0.2, 0.25) is 0 Å². The third kappa shape index (κ3) is 5.90. The molecule has 0 aliphatic rings. The Balaban J connectivity index is 1.88. The molecule has 0 saturated heterocycles. The van der Waals surface area contributed by atoms with E-state index < -0.39 is 34.5 Å². The molecule has 3 N–H and O–H groups in total. The van der Waals surface area contributed by atoms with E-state index in [2.05, 4.69) is 5.32 Å². The van der Waals surface area contributed by atoms with Crippen LogP contribution in [0.3, 0.4) is 0 Å². The number of primary sulfonamides is 1. The standard InChI is InChI=1S/C19H22N2O5S/c1-3-14-4-6-16(7-5-14)19(23)26-12-18(22)21-13(2)15-8-10-17(11-9-15)27(20,24)25/h4-11,13H,3,12H2,1-2H3,(H,21,22)(H2,20,24,25)/t13-/m1/s1. The van der Waals surface area contributed by atoms with Crippen molar-refractivity contribution in [2.75, 3.05) is 6.61 Å². The maximum Gasteiger partial charge on any atom is 0.338 e. The van der Waals surface area contributed by atoms with Crippen LogP contribution in [0, 0.1) is 0 Å². The average Bonchev–Trinajstić information content (AvgIpc) is 2.65. The van der Waals surface area contributed by atoms with Gasteiger partial charge in [-0.3, -0.25) is 4.79 Å². The Morgan fingerprint density at radius 2 is 1.67 bits per heavy atom. The third-order valence-electron chi connectivity index (χ3n) is 4.02. The summed E-state index contributed by atoms with van der Waals surface area (Å²) in [5, 5.41) is 7.73. The van der Waals surface area contributed by atoms with Crippen molar-refractivity contribution in [2.24, 2.45) is 5.14 Å². The molecule has 0 radical (unpaired) electrons. The molecular weight excluding hydrogens is 368 g/mol. The van der Waals surface area contributed by atoms with Gasteiger partial charge in [-0.05, 0) is 48.7 Å². The van der Waals surface area contributed by atoms with Crippen LogP contribution in [0.4, 0.5) is 0 Å². The summed E-state index contributed by atoms with van der Waals surface area (Å²) in [4.78, 5) is 23.9. The summed E-state index contributed by atoms with van der Waals surface area (Å²) in [6.45, 7) is 3.34. The summed E-state index contributed by atoms with van der Waals surface area (Å²) < 4.78 is 27.5. The first kappa shape index (κ1) is 20.6. The second-order valence-electron chi connectivity index (χ2n) is 6.03. The second-order valence-corrected chi connectivity index (χ2v) is 7.59. The van der Waals surface area contributed by atoms with E-state index in [1.807, 2.05) is 19.1 Å². The molecule has 0 aromatic heterocycles. The normalized spacial score (nSPS) is 12.3. The van der Waals surface area contributed by atoms with Gasteiger partial charge in [0.2, 0.25) is 10.0 Å². The van der Waals surface area contributed by atoms with Crippen molar-refractivity contribution in [3.63, 3.8) is 0 Å². The Morgan fingerprint density at radius 1 is 1.07 bits per heavy atom. The fourth-order valence-corrected chi connectivity index (χ4v) is 2.92.